The molecule has 1 aromatic heterocycles. The van der Waals surface area contributed by atoms with E-state index in [-0.39, 0.29) is 17.1 Å². The van der Waals surface area contributed by atoms with Gasteiger partial charge in [-0.05, 0) is 6.07 Å². The second-order valence-electron chi connectivity index (χ2n) is 2.41. The summed E-state index contributed by atoms with van der Waals surface area (Å²) in [5.41, 5.74) is -1.44. The fraction of sp³-hybridized carbons (Fsp3) is 0.250. The van der Waals surface area contributed by atoms with Crippen molar-refractivity contribution in [3.8, 4) is 6.07 Å². The van der Waals surface area contributed by atoms with E-state index in [9.17, 15) is 13.2 Å². The molecule has 0 radical (unpaired) electrons. The van der Waals surface area contributed by atoms with Crippen LogP contribution in [0.4, 0.5) is 13.2 Å². The Kier molecular flexibility index (Phi) is 3.31. The maximum absolute atomic E-state index is 13.1. The lowest BCUT2D eigenvalue weighted by molar-refractivity contribution is 0.140. The Morgan fingerprint density at radius 1 is 1.57 bits per heavy atom. The highest BCUT2D eigenvalue weighted by molar-refractivity contribution is 6.17. The van der Waals surface area contributed by atoms with Crippen molar-refractivity contribution in [3.63, 3.8) is 0 Å². The molecule has 0 amide bonds. The van der Waals surface area contributed by atoms with E-state index in [0.29, 0.717) is 0 Å². The number of alkyl halides is 3. The summed E-state index contributed by atoms with van der Waals surface area (Å²) in [6, 6.07) is 2.60. The van der Waals surface area contributed by atoms with Crippen LogP contribution in [0.2, 0.25) is 0 Å². The lowest BCUT2D eigenvalue weighted by atomic mass is 10.2. The Bertz CT molecular complexity index is 387. The van der Waals surface area contributed by atoms with Gasteiger partial charge in [0.1, 0.15) is 17.5 Å². The normalized spacial score (nSPS) is 10.3. The molecule has 0 aliphatic rings. The van der Waals surface area contributed by atoms with Crippen LogP contribution in [0.3, 0.4) is 0 Å². The van der Waals surface area contributed by atoms with E-state index in [1.54, 1.807) is 6.07 Å². The van der Waals surface area contributed by atoms with Crippen LogP contribution < -0.4 is 0 Å². The number of aromatic nitrogens is 1. The molecule has 1 aromatic rings. The number of nitrogens with zero attached hydrogens (tertiary/aromatic N) is 2. The molecular formula is C8H4ClF3N2. The number of rotatable bonds is 2. The van der Waals surface area contributed by atoms with E-state index in [0.717, 1.165) is 6.07 Å². The first-order valence-corrected chi connectivity index (χ1v) is 4.07. The summed E-state index contributed by atoms with van der Waals surface area (Å²) >= 11 is 5.32. The highest BCUT2D eigenvalue weighted by Crippen LogP contribution is 2.23. The van der Waals surface area contributed by atoms with Crippen molar-refractivity contribution in [2.45, 2.75) is 12.3 Å². The predicted molar refractivity (Wildman–Crippen MR) is 43.4 cm³/mol. The molecule has 2 nitrogen and oxygen atoms in total. The minimum absolute atomic E-state index is 0.145. The summed E-state index contributed by atoms with van der Waals surface area (Å²) < 4.78 is 37.5. The van der Waals surface area contributed by atoms with E-state index >= 15 is 0 Å². The van der Waals surface area contributed by atoms with Crippen LogP contribution in [-0.2, 0) is 5.88 Å². The standard InChI is InChI=1S/C8H4ClF3N2/c9-2-4-1-5(3-13)14-7(6(4)10)8(11)12/h1,8H,2H2. The Balaban J connectivity index is 3.36. The van der Waals surface area contributed by atoms with E-state index in [1.165, 1.54) is 0 Å². The molecule has 0 N–H and O–H groups in total. The molecule has 1 heterocycles. The highest BCUT2D eigenvalue weighted by Gasteiger charge is 2.19. The lowest BCUT2D eigenvalue weighted by Crippen LogP contribution is -2.02. The van der Waals surface area contributed by atoms with Gasteiger partial charge >= 0.3 is 0 Å². The van der Waals surface area contributed by atoms with Gasteiger partial charge < -0.3 is 0 Å². The van der Waals surface area contributed by atoms with Crippen molar-refractivity contribution in [2.24, 2.45) is 0 Å². The van der Waals surface area contributed by atoms with Gasteiger partial charge in [0.05, 0.1) is 5.88 Å². The van der Waals surface area contributed by atoms with Crippen LogP contribution in [0, 0.1) is 17.1 Å². The van der Waals surface area contributed by atoms with Crippen molar-refractivity contribution >= 4 is 11.6 Å². The Labute approximate surface area is 82.9 Å². The molecule has 1 rings (SSSR count). The molecule has 14 heavy (non-hydrogen) atoms. The summed E-state index contributed by atoms with van der Waals surface area (Å²) in [5, 5.41) is 8.43. The predicted octanol–water partition coefficient (Wildman–Crippen LogP) is 2.77. The SMILES string of the molecule is N#Cc1cc(CCl)c(F)c(C(F)F)n1. The summed E-state index contributed by atoms with van der Waals surface area (Å²) in [6.45, 7) is 0. The van der Waals surface area contributed by atoms with Gasteiger partial charge in [-0.25, -0.2) is 18.2 Å². The van der Waals surface area contributed by atoms with Crippen molar-refractivity contribution in [1.29, 1.82) is 5.26 Å². The summed E-state index contributed by atoms with van der Waals surface area (Å²) in [4.78, 5) is 3.15. The van der Waals surface area contributed by atoms with Crippen LogP contribution in [0.5, 0.6) is 0 Å². The van der Waals surface area contributed by atoms with E-state index in [1.807, 2.05) is 0 Å². The summed E-state index contributed by atoms with van der Waals surface area (Å²) in [6.07, 6.45) is -3.05. The summed E-state index contributed by atoms with van der Waals surface area (Å²) in [7, 11) is 0. The number of halogens is 4. The Morgan fingerprint density at radius 2 is 2.21 bits per heavy atom. The first-order valence-electron chi connectivity index (χ1n) is 3.53. The maximum Gasteiger partial charge on any atom is 0.283 e. The first-order chi connectivity index (χ1) is 6.60. The highest BCUT2D eigenvalue weighted by atomic mass is 35.5. The van der Waals surface area contributed by atoms with Crippen LogP contribution in [-0.4, -0.2) is 4.98 Å². The van der Waals surface area contributed by atoms with Crippen LogP contribution in [0.15, 0.2) is 6.07 Å². The van der Waals surface area contributed by atoms with Gasteiger partial charge in [-0.1, -0.05) is 0 Å². The van der Waals surface area contributed by atoms with Crippen LogP contribution in [0.1, 0.15) is 23.4 Å². The zero-order valence-corrected chi connectivity index (χ0v) is 7.52. The number of nitriles is 1. The third-order valence-electron chi connectivity index (χ3n) is 1.52. The van der Waals surface area contributed by atoms with Crippen LogP contribution >= 0.6 is 11.6 Å². The monoisotopic (exact) mass is 220 g/mol. The molecule has 0 unspecified atom stereocenters. The van der Waals surface area contributed by atoms with Gasteiger partial charge in [-0.3, -0.25) is 0 Å². The van der Waals surface area contributed by atoms with Crippen molar-refractivity contribution in [2.75, 3.05) is 0 Å². The van der Waals surface area contributed by atoms with Crippen molar-refractivity contribution in [3.05, 3.63) is 28.8 Å². The second-order valence-corrected chi connectivity index (χ2v) is 2.68. The lowest BCUT2D eigenvalue weighted by Gasteiger charge is -2.04. The van der Waals surface area contributed by atoms with E-state index < -0.39 is 17.9 Å². The fourth-order valence-electron chi connectivity index (χ4n) is 0.903. The van der Waals surface area contributed by atoms with E-state index in [4.69, 9.17) is 16.9 Å². The van der Waals surface area contributed by atoms with Gasteiger partial charge in [0.15, 0.2) is 5.82 Å². The van der Waals surface area contributed by atoms with Gasteiger partial charge in [0.2, 0.25) is 0 Å². The molecule has 0 saturated heterocycles. The topological polar surface area (TPSA) is 36.7 Å². The van der Waals surface area contributed by atoms with Crippen molar-refractivity contribution in [1.82, 2.24) is 4.98 Å². The number of hydrogen-bond donors (Lipinski definition) is 0. The average Bonchev–Trinajstić information content (AvgIpc) is 2.17. The molecule has 74 valence electrons. The first kappa shape index (κ1) is 10.8. The number of hydrogen-bond acceptors (Lipinski definition) is 2. The zero-order chi connectivity index (χ0) is 10.7. The molecule has 0 aromatic carbocycles. The molecule has 0 aliphatic carbocycles. The van der Waals surface area contributed by atoms with E-state index in [2.05, 4.69) is 4.98 Å². The second kappa shape index (κ2) is 4.29. The quantitative estimate of drug-likeness (QED) is 0.719. The fourth-order valence-corrected chi connectivity index (χ4v) is 1.10. The third-order valence-corrected chi connectivity index (χ3v) is 1.81. The molecule has 0 atom stereocenters. The van der Waals surface area contributed by atoms with Crippen LogP contribution in [0.25, 0.3) is 0 Å². The molecule has 6 heteroatoms. The maximum atomic E-state index is 13.1. The van der Waals surface area contributed by atoms with Gasteiger partial charge in [-0.2, -0.15) is 5.26 Å². The molecule has 0 aliphatic heterocycles. The molecular weight excluding hydrogens is 217 g/mol. The smallest absolute Gasteiger partial charge is 0.233 e. The molecule has 0 spiro atoms. The molecule has 0 bridgehead atoms. The Hall–Kier alpha value is -1.28. The largest absolute Gasteiger partial charge is 0.283 e. The molecule has 0 fully saturated rings. The summed E-state index contributed by atoms with van der Waals surface area (Å²) in [5.74, 6) is -1.42. The van der Waals surface area contributed by atoms with Crippen molar-refractivity contribution < 1.29 is 13.2 Å². The third kappa shape index (κ3) is 1.96. The minimum Gasteiger partial charge on any atom is -0.233 e. The van der Waals surface area contributed by atoms with Gasteiger partial charge in [0, 0.05) is 5.56 Å². The minimum atomic E-state index is -3.05. The van der Waals surface area contributed by atoms with Gasteiger partial charge in [-0.15, -0.1) is 11.6 Å². The average molecular weight is 221 g/mol. The van der Waals surface area contributed by atoms with Gasteiger partial charge in [0.25, 0.3) is 6.43 Å². The molecule has 0 saturated carbocycles. The zero-order valence-electron chi connectivity index (χ0n) is 6.77. The Morgan fingerprint density at radius 3 is 2.64 bits per heavy atom. The number of pyridine rings is 1.